The predicted molar refractivity (Wildman–Crippen MR) is 60.0 cm³/mol. The van der Waals surface area contributed by atoms with Gasteiger partial charge in [-0.1, -0.05) is 29.1 Å². The zero-order valence-corrected chi connectivity index (χ0v) is 9.52. The van der Waals surface area contributed by atoms with E-state index in [4.69, 9.17) is 23.2 Å². The monoisotopic (exact) mass is 242 g/mol. The molecule has 0 bridgehead atoms. The summed E-state index contributed by atoms with van der Waals surface area (Å²) in [5.74, 6) is 4.41. The fourth-order valence-electron chi connectivity index (χ4n) is 0.864. The molecular weight excluding hydrogens is 235 g/mol. The van der Waals surface area contributed by atoms with Crippen molar-refractivity contribution in [3.63, 3.8) is 0 Å². The highest BCUT2D eigenvalue weighted by Crippen LogP contribution is 2.21. The molecule has 2 nitrogen and oxygen atoms in total. The van der Waals surface area contributed by atoms with Crippen LogP contribution in [0.3, 0.4) is 0 Å². The molecule has 1 rings (SSSR count). The van der Waals surface area contributed by atoms with Crippen LogP contribution < -0.4 is 0 Å². The minimum atomic E-state index is -0.552. The fraction of sp³-hybridized carbons (Fsp3) is 0.182. The number of carbonyl (C=O) groups is 1. The Morgan fingerprint density at radius 2 is 2.13 bits per heavy atom. The number of ether oxygens (including phenoxy) is 1. The number of carbonyl (C=O) groups excluding carboxylic acids is 1. The molecular formula is C11H8Cl2O2. The van der Waals surface area contributed by atoms with Crippen molar-refractivity contribution in [3.05, 3.63) is 33.8 Å². The molecule has 78 valence electrons. The number of hydrogen-bond donors (Lipinski definition) is 0. The van der Waals surface area contributed by atoms with E-state index >= 15 is 0 Å². The lowest BCUT2D eigenvalue weighted by Crippen LogP contribution is -1.99. The molecule has 0 aliphatic heterocycles. The highest BCUT2D eigenvalue weighted by atomic mass is 35.5. The molecule has 0 aliphatic rings. The second kappa shape index (κ2) is 5.65. The van der Waals surface area contributed by atoms with E-state index in [1.807, 2.05) is 0 Å². The first-order valence-corrected chi connectivity index (χ1v) is 5.03. The molecule has 15 heavy (non-hydrogen) atoms. The molecule has 1 aromatic rings. The maximum atomic E-state index is 10.9. The predicted octanol–water partition coefficient (Wildman–Crippen LogP) is 2.91. The quantitative estimate of drug-likeness (QED) is 0.560. The zero-order valence-electron chi connectivity index (χ0n) is 8.01. The first kappa shape index (κ1) is 11.9. The smallest absolute Gasteiger partial charge is 0.384 e. The van der Waals surface area contributed by atoms with Crippen LogP contribution >= 0.6 is 23.2 Å². The SMILES string of the molecule is CCOC(=O)C#Cc1ccc(Cl)c(Cl)c1. The van der Waals surface area contributed by atoms with Crippen LogP contribution in [0.25, 0.3) is 0 Å². The van der Waals surface area contributed by atoms with Crippen molar-refractivity contribution < 1.29 is 9.53 Å². The minimum absolute atomic E-state index is 0.314. The van der Waals surface area contributed by atoms with Gasteiger partial charge in [-0.15, -0.1) is 0 Å². The molecule has 1 aromatic carbocycles. The van der Waals surface area contributed by atoms with E-state index < -0.39 is 5.97 Å². The van der Waals surface area contributed by atoms with Crippen molar-refractivity contribution in [2.75, 3.05) is 6.61 Å². The summed E-state index contributed by atoms with van der Waals surface area (Å²) >= 11 is 11.5. The molecule has 0 heterocycles. The molecule has 0 unspecified atom stereocenters. The van der Waals surface area contributed by atoms with Crippen LogP contribution in [-0.4, -0.2) is 12.6 Å². The largest absolute Gasteiger partial charge is 0.456 e. The van der Waals surface area contributed by atoms with Crippen LogP contribution in [0.4, 0.5) is 0 Å². The Morgan fingerprint density at radius 1 is 1.40 bits per heavy atom. The van der Waals surface area contributed by atoms with Crippen molar-refractivity contribution in [1.82, 2.24) is 0 Å². The molecule has 0 saturated heterocycles. The van der Waals surface area contributed by atoms with Gasteiger partial charge in [-0.2, -0.15) is 0 Å². The highest BCUT2D eigenvalue weighted by Gasteiger charge is 1.97. The molecule has 4 heteroatoms. The van der Waals surface area contributed by atoms with Crippen molar-refractivity contribution in [3.8, 4) is 11.8 Å². The lowest BCUT2D eigenvalue weighted by molar-refractivity contribution is -0.136. The Hall–Kier alpha value is -1.17. The second-order valence-electron chi connectivity index (χ2n) is 2.60. The van der Waals surface area contributed by atoms with Crippen molar-refractivity contribution >= 4 is 29.2 Å². The van der Waals surface area contributed by atoms with Crippen molar-refractivity contribution in [1.29, 1.82) is 0 Å². The summed E-state index contributed by atoms with van der Waals surface area (Å²) in [5, 5.41) is 0.866. The van der Waals surface area contributed by atoms with Gasteiger partial charge in [-0.05, 0) is 25.1 Å². The molecule has 0 radical (unpaired) electrons. The molecule has 0 spiro atoms. The first-order chi connectivity index (χ1) is 7.13. The average Bonchev–Trinajstić information content (AvgIpc) is 2.20. The van der Waals surface area contributed by atoms with Gasteiger partial charge < -0.3 is 4.74 Å². The Kier molecular flexibility index (Phi) is 4.48. The molecule has 0 atom stereocenters. The molecule has 0 amide bonds. The topological polar surface area (TPSA) is 26.3 Å². The normalized spacial score (nSPS) is 9.00. The average molecular weight is 243 g/mol. The Morgan fingerprint density at radius 3 is 2.73 bits per heavy atom. The lowest BCUT2D eigenvalue weighted by Gasteiger charge is -1.95. The third kappa shape index (κ3) is 3.83. The number of esters is 1. The second-order valence-corrected chi connectivity index (χ2v) is 3.41. The minimum Gasteiger partial charge on any atom is -0.456 e. The first-order valence-electron chi connectivity index (χ1n) is 4.27. The lowest BCUT2D eigenvalue weighted by atomic mass is 10.2. The summed E-state index contributed by atoms with van der Waals surface area (Å²) in [5.41, 5.74) is 0.623. The van der Waals surface area contributed by atoms with Crippen LogP contribution in [0.15, 0.2) is 18.2 Å². The number of rotatable bonds is 1. The Bertz CT molecular complexity index is 430. The van der Waals surface area contributed by atoms with Crippen molar-refractivity contribution in [2.24, 2.45) is 0 Å². The number of halogens is 2. The summed E-state index contributed by atoms with van der Waals surface area (Å²) < 4.78 is 4.65. The van der Waals surface area contributed by atoms with Gasteiger partial charge in [0, 0.05) is 11.5 Å². The maximum absolute atomic E-state index is 10.9. The third-order valence-electron chi connectivity index (χ3n) is 1.50. The van der Waals surface area contributed by atoms with E-state index in [-0.39, 0.29) is 0 Å². The van der Waals surface area contributed by atoms with Gasteiger partial charge in [0.1, 0.15) is 0 Å². The van der Waals surface area contributed by atoms with Crippen LogP contribution in [0.1, 0.15) is 12.5 Å². The summed E-state index contributed by atoms with van der Waals surface area (Å²) in [6, 6.07) is 4.90. The molecule has 0 aromatic heterocycles. The van der Waals surface area contributed by atoms with Gasteiger partial charge in [0.25, 0.3) is 0 Å². The Balaban J connectivity index is 2.80. The van der Waals surface area contributed by atoms with Gasteiger partial charge in [-0.3, -0.25) is 0 Å². The van der Waals surface area contributed by atoms with Gasteiger partial charge in [0.15, 0.2) is 0 Å². The van der Waals surface area contributed by atoms with Gasteiger partial charge in [0.2, 0.25) is 0 Å². The molecule has 0 N–H and O–H groups in total. The van der Waals surface area contributed by atoms with Gasteiger partial charge in [0.05, 0.1) is 16.7 Å². The van der Waals surface area contributed by atoms with E-state index in [9.17, 15) is 4.79 Å². The zero-order chi connectivity index (χ0) is 11.3. The van der Waals surface area contributed by atoms with Crippen LogP contribution in [0, 0.1) is 11.8 Å². The number of benzene rings is 1. The van der Waals surface area contributed by atoms with E-state index in [1.165, 1.54) is 0 Å². The highest BCUT2D eigenvalue weighted by molar-refractivity contribution is 6.42. The van der Waals surface area contributed by atoms with Gasteiger partial charge >= 0.3 is 5.97 Å². The maximum Gasteiger partial charge on any atom is 0.384 e. The van der Waals surface area contributed by atoms with Crippen LogP contribution in [0.5, 0.6) is 0 Å². The van der Waals surface area contributed by atoms with Crippen molar-refractivity contribution in [2.45, 2.75) is 6.92 Å². The van der Waals surface area contributed by atoms with E-state index in [1.54, 1.807) is 25.1 Å². The summed E-state index contributed by atoms with van der Waals surface area (Å²) in [7, 11) is 0. The fourth-order valence-corrected chi connectivity index (χ4v) is 1.16. The Labute approximate surface area is 98.1 Å². The van der Waals surface area contributed by atoms with Crippen LogP contribution in [0.2, 0.25) is 10.0 Å². The van der Waals surface area contributed by atoms with Gasteiger partial charge in [-0.25, -0.2) is 4.79 Å². The summed E-state index contributed by atoms with van der Waals surface area (Å²) in [6.45, 7) is 2.04. The van der Waals surface area contributed by atoms with Crippen LogP contribution in [-0.2, 0) is 9.53 Å². The number of hydrogen-bond acceptors (Lipinski definition) is 2. The van der Waals surface area contributed by atoms with E-state index in [2.05, 4.69) is 16.6 Å². The van der Waals surface area contributed by atoms with E-state index in [0.29, 0.717) is 22.2 Å². The summed E-state index contributed by atoms with van der Waals surface area (Å²) in [6.07, 6.45) is 0. The molecule has 0 aliphatic carbocycles. The molecule has 0 saturated carbocycles. The molecule has 0 fully saturated rings. The van der Waals surface area contributed by atoms with E-state index in [0.717, 1.165) is 0 Å². The third-order valence-corrected chi connectivity index (χ3v) is 2.24. The standard InChI is InChI=1S/C11H8Cl2O2/c1-2-15-11(14)6-4-8-3-5-9(12)10(13)7-8/h3,5,7H,2H2,1H3. The summed E-state index contributed by atoms with van der Waals surface area (Å²) in [4.78, 5) is 10.9.